The lowest BCUT2D eigenvalue weighted by Crippen LogP contribution is -2.20. The monoisotopic (exact) mass is 271 g/mol. The minimum Gasteiger partial charge on any atom is -0.460 e. The van der Waals surface area contributed by atoms with Crippen LogP contribution in [0.3, 0.4) is 0 Å². The number of anilines is 1. The van der Waals surface area contributed by atoms with Crippen molar-refractivity contribution in [2.24, 2.45) is 0 Å². The van der Waals surface area contributed by atoms with Gasteiger partial charge in [-0.2, -0.15) is 0 Å². The highest BCUT2D eigenvalue weighted by Crippen LogP contribution is 2.22. The number of ether oxygens (including phenoxy) is 2. The van der Waals surface area contributed by atoms with Crippen LogP contribution in [0.4, 0.5) is 5.69 Å². The number of para-hydroxylation sites is 1. The van der Waals surface area contributed by atoms with Crippen molar-refractivity contribution in [2.45, 2.75) is 20.0 Å². The molecule has 0 aliphatic rings. The van der Waals surface area contributed by atoms with Gasteiger partial charge in [0.1, 0.15) is 0 Å². The van der Waals surface area contributed by atoms with E-state index in [0.717, 1.165) is 0 Å². The number of benzene rings is 1. The van der Waals surface area contributed by atoms with Gasteiger partial charge in [-0.25, -0.2) is 9.59 Å². The molecule has 0 unspecified atom stereocenters. The Labute approximate surface area is 110 Å². The predicted octanol–water partition coefficient (Wildman–Crippen LogP) is 2.03. The number of hydrogen-bond acceptors (Lipinski definition) is 5. The van der Waals surface area contributed by atoms with E-state index < -0.39 is 18.5 Å². The fourth-order valence-corrected chi connectivity index (χ4v) is 1.39. The predicted molar refractivity (Wildman–Crippen MR) is 67.4 cm³/mol. The average molecular weight is 272 g/mol. The number of esters is 2. The van der Waals surface area contributed by atoms with E-state index in [2.05, 4.69) is 0 Å². The van der Waals surface area contributed by atoms with Crippen LogP contribution in [0.25, 0.3) is 0 Å². The molecule has 1 aromatic carbocycles. The average Bonchev–Trinajstić information content (AvgIpc) is 2.29. The maximum absolute atomic E-state index is 11.6. The van der Waals surface area contributed by atoms with Gasteiger partial charge in [0.2, 0.25) is 0 Å². The maximum Gasteiger partial charge on any atom is 0.344 e. The topological polar surface area (TPSA) is 78.6 Å². The van der Waals surface area contributed by atoms with Crippen LogP contribution >= 0.6 is 11.6 Å². The number of carbonyl (C=O) groups is 2. The van der Waals surface area contributed by atoms with Crippen LogP contribution in [-0.4, -0.2) is 24.6 Å². The molecule has 0 aliphatic heterocycles. The summed E-state index contributed by atoms with van der Waals surface area (Å²) >= 11 is 5.77. The van der Waals surface area contributed by atoms with Crippen molar-refractivity contribution in [3.8, 4) is 0 Å². The van der Waals surface area contributed by atoms with Gasteiger partial charge in [-0.05, 0) is 26.0 Å². The summed E-state index contributed by atoms with van der Waals surface area (Å²) < 4.78 is 9.59. The van der Waals surface area contributed by atoms with E-state index in [0.29, 0.717) is 0 Å². The van der Waals surface area contributed by atoms with E-state index in [1.807, 2.05) is 0 Å². The molecule has 0 heterocycles. The molecule has 0 atom stereocenters. The van der Waals surface area contributed by atoms with Crippen LogP contribution in [0.15, 0.2) is 18.2 Å². The van der Waals surface area contributed by atoms with E-state index in [9.17, 15) is 9.59 Å². The van der Waals surface area contributed by atoms with Crippen molar-refractivity contribution >= 4 is 29.2 Å². The first kappa shape index (κ1) is 14.3. The first-order valence-corrected chi connectivity index (χ1v) is 5.70. The van der Waals surface area contributed by atoms with E-state index in [-0.39, 0.29) is 22.4 Å². The van der Waals surface area contributed by atoms with Gasteiger partial charge in [0.25, 0.3) is 0 Å². The van der Waals surface area contributed by atoms with E-state index in [1.165, 1.54) is 6.07 Å². The summed E-state index contributed by atoms with van der Waals surface area (Å²) in [6.07, 6.45) is -0.257. The molecule has 0 amide bonds. The molecule has 0 fully saturated rings. The van der Waals surface area contributed by atoms with Crippen molar-refractivity contribution in [1.29, 1.82) is 0 Å². The standard InChI is InChI=1S/C12H14ClNO4/c1-7(2)18-10(15)6-17-12(16)8-4-3-5-9(13)11(8)14/h3-5,7H,6,14H2,1-2H3. The van der Waals surface area contributed by atoms with Crippen LogP contribution in [-0.2, 0) is 14.3 Å². The second kappa shape index (κ2) is 6.26. The van der Waals surface area contributed by atoms with Crippen LogP contribution in [0, 0.1) is 0 Å². The van der Waals surface area contributed by atoms with E-state index in [4.69, 9.17) is 26.8 Å². The summed E-state index contributed by atoms with van der Waals surface area (Å²) in [4.78, 5) is 22.8. The zero-order chi connectivity index (χ0) is 13.7. The van der Waals surface area contributed by atoms with Gasteiger partial charge in [-0.1, -0.05) is 17.7 Å². The maximum atomic E-state index is 11.6. The van der Waals surface area contributed by atoms with Crippen LogP contribution in [0.5, 0.6) is 0 Å². The molecule has 1 aromatic rings. The summed E-state index contributed by atoms with van der Waals surface area (Å²) in [6, 6.07) is 4.60. The molecule has 1 rings (SSSR count). The number of halogens is 1. The molecule has 98 valence electrons. The summed E-state index contributed by atoms with van der Waals surface area (Å²) in [5, 5.41) is 0.259. The number of nitrogens with two attached hydrogens (primary N) is 1. The lowest BCUT2D eigenvalue weighted by molar-refractivity contribution is -0.150. The first-order chi connectivity index (χ1) is 8.41. The molecular formula is C12H14ClNO4. The van der Waals surface area contributed by atoms with Crippen LogP contribution in [0.2, 0.25) is 5.02 Å². The highest BCUT2D eigenvalue weighted by Gasteiger charge is 2.15. The van der Waals surface area contributed by atoms with Gasteiger partial charge in [-0.3, -0.25) is 0 Å². The second-order valence-corrected chi connectivity index (χ2v) is 4.22. The third-order valence-electron chi connectivity index (χ3n) is 1.96. The summed E-state index contributed by atoms with van der Waals surface area (Å²) in [7, 11) is 0. The lowest BCUT2D eigenvalue weighted by atomic mass is 10.2. The zero-order valence-corrected chi connectivity index (χ0v) is 10.9. The molecule has 18 heavy (non-hydrogen) atoms. The Kier molecular flexibility index (Phi) is 4.97. The van der Waals surface area contributed by atoms with E-state index >= 15 is 0 Å². The van der Waals surface area contributed by atoms with Crippen molar-refractivity contribution < 1.29 is 19.1 Å². The van der Waals surface area contributed by atoms with Crippen molar-refractivity contribution in [2.75, 3.05) is 12.3 Å². The Morgan fingerprint density at radius 3 is 2.67 bits per heavy atom. The quantitative estimate of drug-likeness (QED) is 0.670. The van der Waals surface area contributed by atoms with Gasteiger partial charge in [0.15, 0.2) is 6.61 Å². The SMILES string of the molecule is CC(C)OC(=O)COC(=O)c1cccc(Cl)c1N. The van der Waals surface area contributed by atoms with Gasteiger partial charge >= 0.3 is 11.9 Å². The molecule has 5 nitrogen and oxygen atoms in total. The molecule has 0 spiro atoms. The molecule has 0 bridgehead atoms. The van der Waals surface area contributed by atoms with Crippen molar-refractivity contribution in [3.05, 3.63) is 28.8 Å². The smallest absolute Gasteiger partial charge is 0.344 e. The molecule has 0 radical (unpaired) electrons. The number of carbonyl (C=O) groups excluding carboxylic acids is 2. The normalized spacial score (nSPS) is 10.2. The minimum absolute atomic E-state index is 0.125. The molecule has 2 N–H and O–H groups in total. The Hall–Kier alpha value is -1.75. The summed E-state index contributed by atoms with van der Waals surface area (Å²) in [5.41, 5.74) is 5.87. The van der Waals surface area contributed by atoms with Gasteiger partial charge < -0.3 is 15.2 Å². The van der Waals surface area contributed by atoms with Crippen molar-refractivity contribution in [1.82, 2.24) is 0 Å². The molecule has 0 aliphatic carbocycles. The van der Waals surface area contributed by atoms with E-state index in [1.54, 1.807) is 26.0 Å². The third kappa shape index (κ3) is 3.92. The summed E-state index contributed by atoms with van der Waals surface area (Å²) in [6.45, 7) is 2.95. The number of nitrogen functional groups attached to an aromatic ring is 1. The number of rotatable bonds is 4. The minimum atomic E-state index is -0.712. The highest BCUT2D eigenvalue weighted by atomic mass is 35.5. The van der Waals surface area contributed by atoms with Gasteiger partial charge in [0.05, 0.1) is 22.4 Å². The molecule has 6 heteroatoms. The van der Waals surface area contributed by atoms with Crippen molar-refractivity contribution in [3.63, 3.8) is 0 Å². The first-order valence-electron chi connectivity index (χ1n) is 5.32. The Balaban J connectivity index is 2.61. The Morgan fingerprint density at radius 1 is 1.39 bits per heavy atom. The van der Waals surface area contributed by atoms with Crippen LogP contribution < -0.4 is 5.73 Å². The Bertz CT molecular complexity index is 459. The molecule has 0 aromatic heterocycles. The lowest BCUT2D eigenvalue weighted by Gasteiger charge is -2.09. The second-order valence-electron chi connectivity index (χ2n) is 3.82. The zero-order valence-electron chi connectivity index (χ0n) is 10.1. The fraction of sp³-hybridized carbons (Fsp3) is 0.333. The fourth-order valence-electron chi connectivity index (χ4n) is 1.21. The third-order valence-corrected chi connectivity index (χ3v) is 2.29. The Morgan fingerprint density at radius 2 is 2.06 bits per heavy atom. The molecule has 0 saturated heterocycles. The van der Waals surface area contributed by atoms with Gasteiger partial charge in [-0.15, -0.1) is 0 Å². The molecule has 0 saturated carbocycles. The largest absolute Gasteiger partial charge is 0.460 e. The molecular weight excluding hydrogens is 258 g/mol. The summed E-state index contributed by atoms with van der Waals surface area (Å²) in [5.74, 6) is -1.32. The highest BCUT2D eigenvalue weighted by molar-refractivity contribution is 6.33. The number of hydrogen-bond donors (Lipinski definition) is 1. The van der Waals surface area contributed by atoms with Crippen LogP contribution in [0.1, 0.15) is 24.2 Å². The van der Waals surface area contributed by atoms with Gasteiger partial charge in [0, 0.05) is 0 Å².